The van der Waals surface area contributed by atoms with E-state index in [1.807, 2.05) is 26.0 Å². The normalized spacial score (nSPS) is 11.7. The first kappa shape index (κ1) is 12.8. The maximum atomic E-state index is 6.02. The molecule has 0 saturated carbocycles. The van der Waals surface area contributed by atoms with Gasteiger partial charge in [-0.1, -0.05) is 30.3 Å². The van der Waals surface area contributed by atoms with E-state index < -0.39 is 0 Å². The van der Waals surface area contributed by atoms with Crippen LogP contribution in [0.3, 0.4) is 0 Å². The summed E-state index contributed by atoms with van der Waals surface area (Å²) in [6, 6.07) is 2.00. The quantitative estimate of drug-likeness (QED) is 0.426. The van der Waals surface area contributed by atoms with Gasteiger partial charge < -0.3 is 0 Å². The Labute approximate surface area is 102 Å². The summed E-state index contributed by atoms with van der Waals surface area (Å²) in [5, 5.41) is 0.561. The standard InChI is InChI=1S/C14H16ClN/c1-5-6-7-12(10(2)3)13-8-9-16-14(15)11(13)4/h6,8-9,12H,1-2,7H2,3-4H3. The number of hydrogen-bond donors (Lipinski definition) is 0. The molecule has 0 fully saturated rings. The lowest BCUT2D eigenvalue weighted by Crippen LogP contribution is -2.02. The predicted octanol–water partition coefficient (Wildman–Crippen LogP) is 4.43. The van der Waals surface area contributed by atoms with Crippen LogP contribution in [0.1, 0.15) is 30.4 Å². The van der Waals surface area contributed by atoms with E-state index in [1.54, 1.807) is 6.20 Å². The van der Waals surface area contributed by atoms with Crippen molar-refractivity contribution in [1.82, 2.24) is 4.98 Å². The molecule has 16 heavy (non-hydrogen) atoms. The second kappa shape index (κ2) is 5.69. The molecule has 0 radical (unpaired) electrons. The van der Waals surface area contributed by atoms with E-state index in [2.05, 4.69) is 23.9 Å². The lowest BCUT2D eigenvalue weighted by Gasteiger charge is -2.18. The van der Waals surface area contributed by atoms with Crippen molar-refractivity contribution in [3.8, 4) is 0 Å². The first-order chi connectivity index (χ1) is 7.57. The topological polar surface area (TPSA) is 12.9 Å². The third-order valence-electron chi connectivity index (χ3n) is 2.65. The molecule has 0 aliphatic rings. The summed E-state index contributed by atoms with van der Waals surface area (Å²) in [4.78, 5) is 4.06. The van der Waals surface area contributed by atoms with Crippen LogP contribution >= 0.6 is 11.6 Å². The number of rotatable bonds is 4. The number of aromatic nitrogens is 1. The zero-order valence-electron chi connectivity index (χ0n) is 9.76. The first-order valence-electron chi connectivity index (χ1n) is 5.18. The molecule has 0 aromatic carbocycles. The molecular weight excluding hydrogens is 218 g/mol. The van der Waals surface area contributed by atoms with Crippen LogP contribution in [0.15, 0.2) is 42.8 Å². The Morgan fingerprint density at radius 2 is 2.38 bits per heavy atom. The lowest BCUT2D eigenvalue weighted by atomic mass is 9.88. The minimum atomic E-state index is 0.259. The third kappa shape index (κ3) is 2.85. The molecule has 2 heteroatoms. The Hall–Kier alpha value is -1.30. The van der Waals surface area contributed by atoms with Gasteiger partial charge in [-0.15, -0.1) is 5.73 Å². The van der Waals surface area contributed by atoms with Crippen LogP contribution in [-0.2, 0) is 0 Å². The molecule has 0 spiro atoms. The van der Waals surface area contributed by atoms with E-state index in [4.69, 9.17) is 11.6 Å². The van der Waals surface area contributed by atoms with Gasteiger partial charge in [0.2, 0.25) is 0 Å². The monoisotopic (exact) mass is 233 g/mol. The molecule has 1 aromatic rings. The predicted molar refractivity (Wildman–Crippen MR) is 69.9 cm³/mol. The zero-order chi connectivity index (χ0) is 12.1. The summed E-state index contributed by atoms with van der Waals surface area (Å²) in [6.45, 7) is 11.6. The molecule has 1 aromatic heterocycles. The molecule has 0 aliphatic carbocycles. The Balaban J connectivity index is 3.15. The van der Waals surface area contributed by atoms with E-state index in [1.165, 1.54) is 5.56 Å². The van der Waals surface area contributed by atoms with Gasteiger partial charge in [-0.05, 0) is 43.5 Å². The molecule has 1 rings (SSSR count). The molecule has 1 nitrogen and oxygen atoms in total. The largest absolute Gasteiger partial charge is 0.244 e. The van der Waals surface area contributed by atoms with Gasteiger partial charge in [-0.25, -0.2) is 4.98 Å². The average molecular weight is 234 g/mol. The fraction of sp³-hybridized carbons (Fsp3) is 0.286. The van der Waals surface area contributed by atoms with Crippen LogP contribution in [0.5, 0.6) is 0 Å². The van der Waals surface area contributed by atoms with Crippen LogP contribution in [0, 0.1) is 6.92 Å². The summed E-state index contributed by atoms with van der Waals surface area (Å²) >= 11 is 6.02. The Bertz CT molecular complexity index is 442. The Morgan fingerprint density at radius 1 is 1.69 bits per heavy atom. The molecule has 0 bridgehead atoms. The Kier molecular flexibility index (Phi) is 4.54. The van der Waals surface area contributed by atoms with E-state index in [0.717, 1.165) is 17.6 Å². The van der Waals surface area contributed by atoms with Gasteiger partial charge in [0.15, 0.2) is 0 Å². The smallest absolute Gasteiger partial charge is 0.132 e. The second-order valence-corrected chi connectivity index (χ2v) is 4.22. The molecule has 0 N–H and O–H groups in total. The highest BCUT2D eigenvalue weighted by Gasteiger charge is 2.15. The van der Waals surface area contributed by atoms with Crippen LogP contribution in [-0.4, -0.2) is 4.98 Å². The molecule has 84 valence electrons. The number of nitrogens with zero attached hydrogens (tertiary/aromatic N) is 1. The van der Waals surface area contributed by atoms with Gasteiger partial charge >= 0.3 is 0 Å². The average Bonchev–Trinajstić information content (AvgIpc) is 2.24. The molecule has 1 unspecified atom stereocenters. The van der Waals surface area contributed by atoms with Crippen LogP contribution in [0.25, 0.3) is 0 Å². The van der Waals surface area contributed by atoms with E-state index in [9.17, 15) is 0 Å². The van der Waals surface area contributed by atoms with Crippen molar-refractivity contribution in [3.63, 3.8) is 0 Å². The number of pyridine rings is 1. The van der Waals surface area contributed by atoms with Gasteiger partial charge in [-0.3, -0.25) is 0 Å². The number of allylic oxidation sites excluding steroid dienone is 2. The van der Waals surface area contributed by atoms with Crippen molar-refractivity contribution in [1.29, 1.82) is 0 Å². The fourth-order valence-electron chi connectivity index (χ4n) is 1.70. The van der Waals surface area contributed by atoms with Crippen LogP contribution in [0.4, 0.5) is 0 Å². The van der Waals surface area contributed by atoms with E-state index >= 15 is 0 Å². The first-order valence-corrected chi connectivity index (χ1v) is 5.56. The SMILES string of the molecule is C=C=CCC(C(=C)C)c1ccnc(Cl)c1C. The van der Waals surface area contributed by atoms with Gasteiger partial charge in [0, 0.05) is 12.1 Å². The molecule has 1 heterocycles. The molecular formula is C14H16ClN. The maximum absolute atomic E-state index is 6.02. The van der Waals surface area contributed by atoms with Crippen molar-refractivity contribution in [3.05, 3.63) is 59.1 Å². The lowest BCUT2D eigenvalue weighted by molar-refractivity contribution is 0.802. The highest BCUT2D eigenvalue weighted by molar-refractivity contribution is 6.30. The highest BCUT2D eigenvalue weighted by atomic mass is 35.5. The summed E-state index contributed by atoms with van der Waals surface area (Å²) in [7, 11) is 0. The van der Waals surface area contributed by atoms with Crippen molar-refractivity contribution in [2.45, 2.75) is 26.2 Å². The summed E-state index contributed by atoms with van der Waals surface area (Å²) in [5.41, 5.74) is 6.10. The minimum Gasteiger partial charge on any atom is -0.244 e. The van der Waals surface area contributed by atoms with Crippen molar-refractivity contribution in [2.75, 3.05) is 0 Å². The minimum absolute atomic E-state index is 0.259. The second-order valence-electron chi connectivity index (χ2n) is 3.86. The van der Waals surface area contributed by atoms with Crippen molar-refractivity contribution < 1.29 is 0 Å². The molecule has 0 amide bonds. The maximum Gasteiger partial charge on any atom is 0.132 e. The van der Waals surface area contributed by atoms with E-state index in [0.29, 0.717) is 5.15 Å². The van der Waals surface area contributed by atoms with Crippen LogP contribution in [0.2, 0.25) is 5.15 Å². The molecule has 0 aliphatic heterocycles. The third-order valence-corrected chi connectivity index (χ3v) is 3.03. The highest BCUT2D eigenvalue weighted by Crippen LogP contribution is 2.31. The van der Waals surface area contributed by atoms with Gasteiger partial charge in [0.05, 0.1) is 0 Å². The van der Waals surface area contributed by atoms with E-state index in [-0.39, 0.29) is 5.92 Å². The van der Waals surface area contributed by atoms with Gasteiger partial charge in [0.25, 0.3) is 0 Å². The van der Waals surface area contributed by atoms with Crippen molar-refractivity contribution in [2.24, 2.45) is 0 Å². The molecule has 1 atom stereocenters. The summed E-state index contributed by atoms with van der Waals surface area (Å²) in [6.07, 6.45) is 4.51. The summed E-state index contributed by atoms with van der Waals surface area (Å²) < 4.78 is 0. The number of halogens is 1. The Morgan fingerprint density at radius 3 is 2.94 bits per heavy atom. The summed E-state index contributed by atoms with van der Waals surface area (Å²) in [5.74, 6) is 0.259. The zero-order valence-corrected chi connectivity index (χ0v) is 10.5. The molecule has 0 saturated heterocycles. The fourth-order valence-corrected chi connectivity index (χ4v) is 1.86. The van der Waals surface area contributed by atoms with Crippen molar-refractivity contribution >= 4 is 11.6 Å². The van der Waals surface area contributed by atoms with Crippen LogP contribution < -0.4 is 0 Å². The van der Waals surface area contributed by atoms with Gasteiger partial charge in [-0.2, -0.15) is 0 Å². The number of hydrogen-bond acceptors (Lipinski definition) is 1. The van der Waals surface area contributed by atoms with Gasteiger partial charge in [0.1, 0.15) is 5.15 Å².